The van der Waals surface area contributed by atoms with Crippen molar-refractivity contribution in [2.75, 3.05) is 6.61 Å². The molecule has 1 N–H and O–H groups in total. The fourth-order valence-electron chi connectivity index (χ4n) is 1.99. The highest BCUT2D eigenvalue weighted by Gasteiger charge is 2.16. The highest BCUT2D eigenvalue weighted by atomic mass is 35.5. The van der Waals surface area contributed by atoms with Crippen LogP contribution in [0.3, 0.4) is 0 Å². The molecule has 2 rings (SSSR count). The van der Waals surface area contributed by atoms with Gasteiger partial charge in [-0.2, -0.15) is 0 Å². The number of benzene rings is 2. The molecule has 1 atom stereocenters. The number of halogens is 1. The second-order valence-corrected chi connectivity index (χ2v) is 5.29. The van der Waals surface area contributed by atoms with Gasteiger partial charge in [-0.05, 0) is 30.7 Å². The van der Waals surface area contributed by atoms with Gasteiger partial charge < -0.3 is 10.1 Å². The average molecular weight is 335 g/mol. The van der Waals surface area contributed by atoms with Gasteiger partial charge in [0.25, 0.3) is 5.91 Å². The first-order valence-corrected chi connectivity index (χ1v) is 7.26. The van der Waals surface area contributed by atoms with Crippen molar-refractivity contribution in [3.05, 3.63) is 69.2 Å². The summed E-state index contributed by atoms with van der Waals surface area (Å²) in [7, 11) is 0. The second kappa shape index (κ2) is 7.60. The van der Waals surface area contributed by atoms with Crippen molar-refractivity contribution < 1.29 is 14.5 Å². The van der Waals surface area contributed by atoms with Gasteiger partial charge in [0.05, 0.1) is 11.0 Å². The molecule has 120 valence electrons. The Labute approximate surface area is 138 Å². The smallest absolute Gasteiger partial charge is 0.310 e. The van der Waals surface area contributed by atoms with Crippen LogP contribution in [-0.4, -0.2) is 17.4 Å². The summed E-state index contributed by atoms with van der Waals surface area (Å²) < 4.78 is 5.24. The van der Waals surface area contributed by atoms with Crippen LogP contribution in [0.2, 0.25) is 5.02 Å². The van der Waals surface area contributed by atoms with E-state index in [1.165, 1.54) is 18.2 Å². The van der Waals surface area contributed by atoms with Gasteiger partial charge in [-0.3, -0.25) is 14.9 Å². The molecule has 0 fully saturated rings. The molecular weight excluding hydrogens is 320 g/mol. The molecule has 0 heterocycles. The van der Waals surface area contributed by atoms with Crippen molar-refractivity contribution in [3.8, 4) is 5.75 Å². The molecule has 0 bridgehead atoms. The number of para-hydroxylation sites is 2. The van der Waals surface area contributed by atoms with Crippen molar-refractivity contribution in [2.45, 2.75) is 13.0 Å². The Bertz CT molecular complexity index is 703. The molecular formula is C16H15ClN2O4. The van der Waals surface area contributed by atoms with Gasteiger partial charge in [-0.25, -0.2) is 0 Å². The molecule has 0 aromatic heterocycles. The fourth-order valence-corrected chi connectivity index (χ4v) is 2.12. The number of amides is 1. The quantitative estimate of drug-likeness (QED) is 0.647. The summed E-state index contributed by atoms with van der Waals surface area (Å²) in [5.41, 5.74) is 0.722. The fraction of sp³-hybridized carbons (Fsp3) is 0.188. The molecule has 2 aromatic carbocycles. The van der Waals surface area contributed by atoms with Gasteiger partial charge in [0.2, 0.25) is 0 Å². The third-order valence-corrected chi connectivity index (χ3v) is 3.42. The van der Waals surface area contributed by atoms with Crippen LogP contribution in [-0.2, 0) is 4.79 Å². The van der Waals surface area contributed by atoms with Crippen LogP contribution < -0.4 is 10.1 Å². The monoisotopic (exact) mass is 334 g/mol. The summed E-state index contributed by atoms with van der Waals surface area (Å²) in [5.74, 6) is -0.308. The van der Waals surface area contributed by atoms with E-state index >= 15 is 0 Å². The summed E-state index contributed by atoms with van der Waals surface area (Å²) in [5, 5.41) is 14.2. The van der Waals surface area contributed by atoms with E-state index in [4.69, 9.17) is 16.3 Å². The van der Waals surface area contributed by atoms with Crippen molar-refractivity contribution in [2.24, 2.45) is 0 Å². The van der Waals surface area contributed by atoms with E-state index in [1.54, 1.807) is 18.2 Å². The van der Waals surface area contributed by atoms with Crippen LogP contribution in [0, 0.1) is 10.1 Å². The Morgan fingerprint density at radius 1 is 1.26 bits per heavy atom. The van der Waals surface area contributed by atoms with E-state index in [2.05, 4.69) is 5.32 Å². The van der Waals surface area contributed by atoms with Crippen LogP contribution in [0.4, 0.5) is 5.69 Å². The van der Waals surface area contributed by atoms with Crippen LogP contribution in [0.15, 0.2) is 48.5 Å². The van der Waals surface area contributed by atoms with Crippen LogP contribution in [0.25, 0.3) is 0 Å². The Kier molecular flexibility index (Phi) is 5.54. The van der Waals surface area contributed by atoms with Crippen molar-refractivity contribution in [3.63, 3.8) is 0 Å². The predicted molar refractivity (Wildman–Crippen MR) is 86.6 cm³/mol. The number of nitro groups is 1. The number of carbonyl (C=O) groups is 1. The molecule has 6 nitrogen and oxygen atoms in total. The van der Waals surface area contributed by atoms with Gasteiger partial charge >= 0.3 is 5.69 Å². The summed E-state index contributed by atoms with van der Waals surface area (Å²) in [4.78, 5) is 22.2. The number of nitrogens with zero attached hydrogens (tertiary/aromatic N) is 1. The minimum absolute atomic E-state index is 0.0618. The van der Waals surface area contributed by atoms with E-state index in [0.29, 0.717) is 5.02 Å². The predicted octanol–water partition coefficient (Wildman–Crippen LogP) is 3.50. The zero-order chi connectivity index (χ0) is 16.8. The first-order valence-electron chi connectivity index (χ1n) is 6.88. The Morgan fingerprint density at radius 2 is 1.91 bits per heavy atom. The lowest BCUT2D eigenvalue weighted by Gasteiger charge is -2.14. The molecule has 0 aliphatic heterocycles. The van der Waals surface area contributed by atoms with E-state index < -0.39 is 4.92 Å². The van der Waals surface area contributed by atoms with E-state index in [1.807, 2.05) is 19.1 Å². The van der Waals surface area contributed by atoms with E-state index in [0.717, 1.165) is 5.56 Å². The van der Waals surface area contributed by atoms with Gasteiger partial charge in [-0.1, -0.05) is 35.9 Å². The first kappa shape index (κ1) is 16.8. The highest BCUT2D eigenvalue weighted by Crippen LogP contribution is 2.25. The van der Waals surface area contributed by atoms with Gasteiger partial charge in [0, 0.05) is 11.1 Å². The van der Waals surface area contributed by atoms with Crippen LogP contribution >= 0.6 is 11.6 Å². The zero-order valence-corrected chi connectivity index (χ0v) is 13.1. The zero-order valence-electron chi connectivity index (χ0n) is 12.4. The van der Waals surface area contributed by atoms with Gasteiger partial charge in [0.1, 0.15) is 0 Å². The molecule has 23 heavy (non-hydrogen) atoms. The highest BCUT2D eigenvalue weighted by molar-refractivity contribution is 6.30. The number of nitrogens with one attached hydrogen (secondary N) is 1. The van der Waals surface area contributed by atoms with Crippen molar-refractivity contribution in [1.82, 2.24) is 5.32 Å². The standard InChI is InChI=1S/C16H15ClN2O4/c1-11(12-6-8-13(17)9-7-12)18-16(20)10-23-15-5-3-2-4-14(15)19(21)22/h2-9,11H,10H2,1H3,(H,18,20). The third kappa shape index (κ3) is 4.69. The minimum Gasteiger partial charge on any atom is -0.477 e. The maximum atomic E-state index is 11.9. The van der Waals surface area contributed by atoms with Gasteiger partial charge in [-0.15, -0.1) is 0 Å². The lowest BCUT2D eigenvalue weighted by molar-refractivity contribution is -0.385. The lowest BCUT2D eigenvalue weighted by Crippen LogP contribution is -2.31. The number of hydrogen-bond acceptors (Lipinski definition) is 4. The minimum atomic E-state index is -0.552. The molecule has 0 aliphatic rings. The summed E-state index contributed by atoms with van der Waals surface area (Å²) in [6, 6.07) is 12.8. The molecule has 0 saturated carbocycles. The van der Waals surface area contributed by atoms with E-state index in [9.17, 15) is 14.9 Å². The number of nitro benzene ring substituents is 1. The second-order valence-electron chi connectivity index (χ2n) is 4.85. The molecule has 0 radical (unpaired) electrons. The first-order chi connectivity index (χ1) is 11.0. The summed E-state index contributed by atoms with van der Waals surface area (Å²) >= 11 is 5.82. The SMILES string of the molecule is CC(NC(=O)COc1ccccc1[N+](=O)[O-])c1ccc(Cl)cc1. The molecule has 0 aliphatic carbocycles. The topological polar surface area (TPSA) is 81.5 Å². The van der Waals surface area contributed by atoms with Crippen molar-refractivity contribution >= 4 is 23.2 Å². The molecule has 0 spiro atoms. The van der Waals surface area contributed by atoms with Crippen molar-refractivity contribution in [1.29, 1.82) is 0 Å². The van der Waals surface area contributed by atoms with Crippen LogP contribution in [0.5, 0.6) is 5.75 Å². The average Bonchev–Trinajstić information content (AvgIpc) is 2.53. The number of hydrogen-bond donors (Lipinski definition) is 1. The van der Waals surface area contributed by atoms with Gasteiger partial charge in [0.15, 0.2) is 12.4 Å². The molecule has 7 heteroatoms. The maximum Gasteiger partial charge on any atom is 0.310 e. The Hall–Kier alpha value is -2.60. The summed E-state index contributed by atoms with van der Waals surface area (Å²) in [6.07, 6.45) is 0. The third-order valence-electron chi connectivity index (χ3n) is 3.17. The molecule has 2 aromatic rings. The summed E-state index contributed by atoms with van der Waals surface area (Å²) in [6.45, 7) is 1.52. The lowest BCUT2D eigenvalue weighted by atomic mass is 10.1. The maximum absolute atomic E-state index is 11.9. The largest absolute Gasteiger partial charge is 0.477 e. The Balaban J connectivity index is 1.93. The molecule has 1 unspecified atom stereocenters. The van der Waals surface area contributed by atoms with E-state index in [-0.39, 0.29) is 30.0 Å². The normalized spacial score (nSPS) is 11.6. The molecule has 0 saturated heterocycles. The number of carbonyl (C=O) groups excluding carboxylic acids is 1. The number of ether oxygens (including phenoxy) is 1. The number of rotatable bonds is 6. The Morgan fingerprint density at radius 3 is 2.57 bits per heavy atom. The van der Waals surface area contributed by atoms with Crippen LogP contribution in [0.1, 0.15) is 18.5 Å². The molecule has 1 amide bonds.